The fraction of sp³-hybridized carbons (Fsp3) is 0.115. The van der Waals surface area contributed by atoms with E-state index in [0.29, 0.717) is 0 Å². The zero-order chi connectivity index (χ0) is 35.9. The monoisotopic (exact) mass is 679 g/mol. The van der Waals surface area contributed by atoms with Gasteiger partial charge < -0.3 is 4.90 Å². The molecule has 1 heteroatoms. The summed E-state index contributed by atoms with van der Waals surface area (Å²) in [6.45, 7) is 9.13. The van der Waals surface area contributed by atoms with Crippen LogP contribution in [0.5, 0.6) is 0 Å². The summed E-state index contributed by atoms with van der Waals surface area (Å²) in [6, 6.07) is 61.0. The Morgan fingerprint density at radius 2 is 0.962 bits per heavy atom. The highest BCUT2D eigenvalue weighted by Gasteiger charge is 2.51. The molecule has 1 atom stereocenters. The number of para-hydroxylation sites is 1. The first kappa shape index (κ1) is 31.5. The van der Waals surface area contributed by atoms with Gasteiger partial charge in [0.1, 0.15) is 0 Å². The van der Waals surface area contributed by atoms with E-state index in [9.17, 15) is 0 Å². The molecule has 0 radical (unpaired) electrons. The number of hydrogen-bond donors (Lipinski definition) is 0. The molecule has 3 aliphatic carbocycles. The Bertz CT molecular complexity index is 2650. The number of anilines is 3. The fourth-order valence-electron chi connectivity index (χ4n) is 9.83. The Kier molecular flexibility index (Phi) is 6.94. The maximum Gasteiger partial charge on any atom is 0.0722 e. The highest BCUT2D eigenvalue weighted by Crippen LogP contribution is 2.62. The van der Waals surface area contributed by atoms with Crippen molar-refractivity contribution in [1.29, 1.82) is 0 Å². The van der Waals surface area contributed by atoms with Crippen LogP contribution in [-0.4, -0.2) is 0 Å². The van der Waals surface area contributed by atoms with Crippen LogP contribution in [0.15, 0.2) is 182 Å². The SMILES string of the molecule is C/C=C\C1=C(C)c2ccccc2C12c1ccccc1-c1cc(-c3ccc(N(c4ccccc4)c4ccc5c(c4)C(C)(C)c4ccccc4-5)cc3)ccc12. The van der Waals surface area contributed by atoms with Crippen molar-refractivity contribution in [1.82, 2.24) is 0 Å². The number of nitrogens with zero attached hydrogens (tertiary/aromatic N) is 1. The Balaban J connectivity index is 1.07. The molecule has 3 aliphatic rings. The average molecular weight is 680 g/mol. The summed E-state index contributed by atoms with van der Waals surface area (Å²) in [4.78, 5) is 2.39. The van der Waals surface area contributed by atoms with E-state index in [1.165, 1.54) is 83.6 Å². The molecule has 7 aromatic rings. The lowest BCUT2D eigenvalue weighted by atomic mass is 9.69. The first-order chi connectivity index (χ1) is 25.9. The van der Waals surface area contributed by atoms with E-state index in [0.717, 1.165) is 11.4 Å². The number of rotatable bonds is 5. The van der Waals surface area contributed by atoms with Gasteiger partial charge in [0.2, 0.25) is 0 Å². The summed E-state index contributed by atoms with van der Waals surface area (Å²) < 4.78 is 0. The van der Waals surface area contributed by atoms with E-state index in [-0.39, 0.29) is 10.8 Å². The average Bonchev–Trinajstić information content (AvgIpc) is 3.73. The van der Waals surface area contributed by atoms with Gasteiger partial charge in [-0.05, 0) is 134 Å². The lowest BCUT2D eigenvalue weighted by molar-refractivity contribution is 0.660. The van der Waals surface area contributed by atoms with Gasteiger partial charge in [0.05, 0.1) is 5.41 Å². The van der Waals surface area contributed by atoms with Gasteiger partial charge in [-0.25, -0.2) is 0 Å². The molecule has 0 amide bonds. The maximum absolute atomic E-state index is 2.43. The predicted molar refractivity (Wildman–Crippen MR) is 223 cm³/mol. The van der Waals surface area contributed by atoms with E-state index in [1.807, 2.05) is 0 Å². The molecule has 10 rings (SSSR count). The van der Waals surface area contributed by atoms with Crippen molar-refractivity contribution in [3.8, 4) is 33.4 Å². The quantitative estimate of drug-likeness (QED) is 0.175. The number of hydrogen-bond acceptors (Lipinski definition) is 1. The molecule has 0 aliphatic heterocycles. The summed E-state index contributed by atoms with van der Waals surface area (Å²) in [5, 5.41) is 0. The molecule has 0 saturated carbocycles. The molecule has 0 fully saturated rings. The Hall–Kier alpha value is -6.18. The highest BCUT2D eigenvalue weighted by atomic mass is 15.1. The van der Waals surface area contributed by atoms with Gasteiger partial charge in [-0.3, -0.25) is 0 Å². The zero-order valence-electron chi connectivity index (χ0n) is 30.7. The van der Waals surface area contributed by atoms with Crippen molar-refractivity contribution in [2.75, 3.05) is 4.90 Å². The van der Waals surface area contributed by atoms with Crippen molar-refractivity contribution >= 4 is 22.6 Å². The second-order valence-corrected chi connectivity index (χ2v) is 15.3. The molecule has 0 aromatic heterocycles. The van der Waals surface area contributed by atoms with E-state index in [4.69, 9.17) is 0 Å². The maximum atomic E-state index is 2.43. The smallest absolute Gasteiger partial charge is 0.0722 e. The molecule has 254 valence electrons. The standard InChI is InChI=1S/C52H41N/c1-5-15-45-34(2)40-18-9-13-22-47(40)52(45)48-23-14-11-20-42(48)44-32-36(26-31-49(44)52)35-24-27-38(28-25-35)53(37-16-7-6-8-17-37)39-29-30-43-41-19-10-12-21-46(41)51(3,4)50(43)33-39/h5-33H,1-4H3/b15-5-. The van der Waals surface area contributed by atoms with Crippen molar-refractivity contribution in [2.45, 2.75) is 38.5 Å². The number of fused-ring (bicyclic) bond motifs is 10. The Morgan fingerprint density at radius 3 is 1.68 bits per heavy atom. The molecule has 0 bridgehead atoms. The molecular formula is C52H41N. The van der Waals surface area contributed by atoms with Gasteiger partial charge in [0, 0.05) is 22.5 Å². The van der Waals surface area contributed by atoms with Gasteiger partial charge in [0.25, 0.3) is 0 Å². The number of benzene rings is 7. The Morgan fingerprint density at radius 1 is 0.434 bits per heavy atom. The van der Waals surface area contributed by atoms with Crippen molar-refractivity contribution in [3.63, 3.8) is 0 Å². The van der Waals surface area contributed by atoms with Gasteiger partial charge >= 0.3 is 0 Å². The molecule has 0 N–H and O–H groups in total. The lowest BCUT2D eigenvalue weighted by Gasteiger charge is -2.31. The summed E-state index contributed by atoms with van der Waals surface area (Å²) in [6.07, 6.45) is 4.54. The van der Waals surface area contributed by atoms with Crippen LogP contribution < -0.4 is 4.90 Å². The molecule has 1 spiro atoms. The molecule has 7 aromatic carbocycles. The topological polar surface area (TPSA) is 3.24 Å². The van der Waals surface area contributed by atoms with E-state index in [1.54, 1.807) is 0 Å². The van der Waals surface area contributed by atoms with Crippen molar-refractivity contribution in [2.24, 2.45) is 0 Å². The number of allylic oxidation sites excluding steroid dienone is 4. The van der Waals surface area contributed by atoms with Crippen LogP contribution in [-0.2, 0) is 10.8 Å². The van der Waals surface area contributed by atoms with Crippen LogP contribution in [0.1, 0.15) is 61.1 Å². The predicted octanol–water partition coefficient (Wildman–Crippen LogP) is 13.8. The minimum absolute atomic E-state index is 0.0679. The van der Waals surface area contributed by atoms with Crippen LogP contribution in [0.3, 0.4) is 0 Å². The second kappa shape index (κ2) is 11.7. The minimum Gasteiger partial charge on any atom is -0.310 e. The molecule has 0 heterocycles. The molecule has 53 heavy (non-hydrogen) atoms. The summed E-state index contributed by atoms with van der Waals surface area (Å²) in [7, 11) is 0. The van der Waals surface area contributed by atoms with Crippen LogP contribution in [0.2, 0.25) is 0 Å². The molecule has 1 nitrogen and oxygen atoms in total. The zero-order valence-corrected chi connectivity index (χ0v) is 30.7. The first-order valence-corrected chi connectivity index (χ1v) is 18.8. The largest absolute Gasteiger partial charge is 0.310 e. The normalized spacial score (nSPS) is 17.1. The molecule has 0 saturated heterocycles. The van der Waals surface area contributed by atoms with Crippen molar-refractivity contribution < 1.29 is 0 Å². The fourth-order valence-corrected chi connectivity index (χ4v) is 9.83. The van der Waals surface area contributed by atoms with Crippen LogP contribution in [0, 0.1) is 0 Å². The van der Waals surface area contributed by atoms with Gasteiger partial charge in [-0.15, -0.1) is 0 Å². The molecular weight excluding hydrogens is 639 g/mol. The van der Waals surface area contributed by atoms with E-state index < -0.39 is 0 Å². The second-order valence-electron chi connectivity index (χ2n) is 15.3. The van der Waals surface area contributed by atoms with E-state index >= 15 is 0 Å². The third-order valence-electron chi connectivity index (χ3n) is 12.2. The van der Waals surface area contributed by atoms with Crippen LogP contribution in [0.25, 0.3) is 39.0 Å². The molecule has 1 unspecified atom stereocenters. The lowest BCUT2D eigenvalue weighted by Crippen LogP contribution is -2.26. The van der Waals surface area contributed by atoms with Gasteiger partial charge in [-0.1, -0.05) is 147 Å². The summed E-state index contributed by atoms with van der Waals surface area (Å²) >= 11 is 0. The summed E-state index contributed by atoms with van der Waals surface area (Å²) in [5.74, 6) is 0. The van der Waals surface area contributed by atoms with Crippen molar-refractivity contribution in [3.05, 3.63) is 215 Å². The van der Waals surface area contributed by atoms with Crippen LogP contribution >= 0.6 is 0 Å². The summed E-state index contributed by atoms with van der Waals surface area (Å²) in [5.41, 5.74) is 21.8. The first-order valence-electron chi connectivity index (χ1n) is 18.8. The third-order valence-corrected chi connectivity index (χ3v) is 12.2. The van der Waals surface area contributed by atoms with Gasteiger partial charge in [-0.2, -0.15) is 0 Å². The third kappa shape index (κ3) is 4.37. The minimum atomic E-state index is -0.316. The highest BCUT2D eigenvalue weighted by molar-refractivity contribution is 5.96. The Labute approximate surface area is 313 Å². The van der Waals surface area contributed by atoms with E-state index in [2.05, 4.69) is 209 Å². The van der Waals surface area contributed by atoms with Gasteiger partial charge in [0.15, 0.2) is 0 Å². The van der Waals surface area contributed by atoms with Crippen LogP contribution in [0.4, 0.5) is 17.1 Å².